The number of carbonyl (C=O) groups is 1. The van der Waals surface area contributed by atoms with E-state index in [1.54, 1.807) is 12.1 Å². The minimum absolute atomic E-state index is 0.502. The van der Waals surface area contributed by atoms with Crippen molar-refractivity contribution in [2.24, 2.45) is 7.05 Å². The van der Waals surface area contributed by atoms with Gasteiger partial charge in [0.05, 0.1) is 5.52 Å². The van der Waals surface area contributed by atoms with Gasteiger partial charge >= 0.3 is 6.09 Å². The van der Waals surface area contributed by atoms with Crippen molar-refractivity contribution in [3.8, 4) is 17.0 Å². The van der Waals surface area contributed by atoms with Crippen LogP contribution in [0.5, 0.6) is 5.75 Å². The first kappa shape index (κ1) is 16.8. The summed E-state index contributed by atoms with van der Waals surface area (Å²) in [6.07, 6.45) is -0.521. The molecule has 134 valence electrons. The van der Waals surface area contributed by atoms with E-state index in [0.717, 1.165) is 22.2 Å². The minimum Gasteiger partial charge on any atom is -0.410 e. The van der Waals surface area contributed by atoms with E-state index in [4.69, 9.17) is 4.74 Å². The second-order valence-corrected chi connectivity index (χ2v) is 6.40. The molecule has 0 bridgehead atoms. The number of ether oxygens (including phenoxy) is 1. The van der Waals surface area contributed by atoms with Crippen LogP contribution < -0.4 is 10.1 Å². The lowest BCUT2D eigenvalue weighted by atomic mass is 10.1. The molecule has 27 heavy (non-hydrogen) atoms. The molecule has 4 aromatic rings. The summed E-state index contributed by atoms with van der Waals surface area (Å²) in [5.41, 5.74) is 4.88. The molecule has 0 aliphatic carbocycles. The lowest BCUT2D eigenvalue weighted by Crippen LogP contribution is -2.16. The number of para-hydroxylation sites is 1. The molecular formula is C22H19N3O2. The number of amides is 1. The van der Waals surface area contributed by atoms with E-state index in [1.807, 2.05) is 54.2 Å². The van der Waals surface area contributed by atoms with Gasteiger partial charge in [-0.05, 0) is 42.8 Å². The van der Waals surface area contributed by atoms with Crippen LogP contribution in [0, 0.1) is 6.92 Å². The summed E-state index contributed by atoms with van der Waals surface area (Å²) in [4.78, 5) is 12.0. The van der Waals surface area contributed by atoms with Crippen molar-refractivity contribution in [1.29, 1.82) is 0 Å². The van der Waals surface area contributed by atoms with E-state index in [-0.39, 0.29) is 0 Å². The number of aryl methyl sites for hydroxylation is 2. The van der Waals surface area contributed by atoms with E-state index < -0.39 is 6.09 Å². The normalized spacial score (nSPS) is 10.7. The number of aromatic nitrogens is 2. The van der Waals surface area contributed by atoms with Crippen molar-refractivity contribution in [2.75, 3.05) is 5.32 Å². The molecule has 5 nitrogen and oxygen atoms in total. The molecule has 0 unspecified atom stereocenters. The van der Waals surface area contributed by atoms with Gasteiger partial charge < -0.3 is 4.74 Å². The highest BCUT2D eigenvalue weighted by molar-refractivity contribution is 5.94. The largest absolute Gasteiger partial charge is 0.417 e. The maximum Gasteiger partial charge on any atom is 0.417 e. The molecule has 1 heterocycles. The van der Waals surface area contributed by atoms with E-state index >= 15 is 0 Å². The number of anilines is 1. The van der Waals surface area contributed by atoms with Gasteiger partial charge in [-0.2, -0.15) is 5.10 Å². The van der Waals surface area contributed by atoms with Crippen LogP contribution in [0.25, 0.3) is 22.2 Å². The van der Waals surface area contributed by atoms with Gasteiger partial charge in [-0.15, -0.1) is 0 Å². The van der Waals surface area contributed by atoms with Gasteiger partial charge in [0, 0.05) is 23.7 Å². The lowest BCUT2D eigenvalue weighted by Gasteiger charge is -2.07. The fourth-order valence-electron chi connectivity index (χ4n) is 3.03. The Morgan fingerprint density at radius 1 is 1.00 bits per heavy atom. The van der Waals surface area contributed by atoms with Crippen LogP contribution >= 0.6 is 0 Å². The van der Waals surface area contributed by atoms with Crippen LogP contribution in [0.2, 0.25) is 0 Å². The van der Waals surface area contributed by atoms with Crippen LogP contribution in [-0.2, 0) is 7.05 Å². The van der Waals surface area contributed by atoms with Gasteiger partial charge in [-0.3, -0.25) is 10.00 Å². The third-order valence-electron chi connectivity index (χ3n) is 4.37. The second-order valence-electron chi connectivity index (χ2n) is 6.40. The second kappa shape index (κ2) is 6.96. The summed E-state index contributed by atoms with van der Waals surface area (Å²) in [7, 11) is 1.95. The van der Waals surface area contributed by atoms with Crippen molar-refractivity contribution in [1.82, 2.24) is 9.78 Å². The third-order valence-corrected chi connectivity index (χ3v) is 4.37. The van der Waals surface area contributed by atoms with E-state index in [2.05, 4.69) is 35.5 Å². The van der Waals surface area contributed by atoms with Gasteiger partial charge in [0.15, 0.2) is 0 Å². The van der Waals surface area contributed by atoms with E-state index in [0.29, 0.717) is 11.4 Å². The Morgan fingerprint density at radius 3 is 2.48 bits per heavy atom. The molecule has 0 radical (unpaired) electrons. The zero-order valence-corrected chi connectivity index (χ0v) is 15.1. The van der Waals surface area contributed by atoms with E-state index in [9.17, 15) is 4.79 Å². The molecule has 0 atom stereocenters. The van der Waals surface area contributed by atoms with Crippen molar-refractivity contribution in [3.05, 3.63) is 78.4 Å². The molecular weight excluding hydrogens is 338 g/mol. The van der Waals surface area contributed by atoms with Crippen LogP contribution in [0.15, 0.2) is 72.8 Å². The maximum atomic E-state index is 12.0. The first-order valence-electron chi connectivity index (χ1n) is 8.68. The molecule has 1 amide bonds. The minimum atomic E-state index is -0.521. The predicted molar refractivity (Wildman–Crippen MR) is 107 cm³/mol. The van der Waals surface area contributed by atoms with Crippen LogP contribution in [0.4, 0.5) is 10.5 Å². The molecule has 1 N–H and O–H groups in total. The fourth-order valence-corrected chi connectivity index (χ4v) is 3.03. The number of nitrogens with one attached hydrogen (secondary N) is 1. The van der Waals surface area contributed by atoms with Crippen molar-refractivity contribution in [2.45, 2.75) is 6.92 Å². The first-order chi connectivity index (χ1) is 13.1. The Morgan fingerprint density at radius 2 is 1.74 bits per heavy atom. The van der Waals surface area contributed by atoms with Gasteiger partial charge in [0.2, 0.25) is 0 Å². The number of carbonyl (C=O) groups excluding carboxylic acids is 1. The molecule has 0 saturated heterocycles. The summed E-state index contributed by atoms with van der Waals surface area (Å²) in [5.74, 6) is 0.502. The summed E-state index contributed by atoms with van der Waals surface area (Å²) in [6, 6.07) is 22.8. The predicted octanol–water partition coefficient (Wildman–Crippen LogP) is 5.16. The summed E-state index contributed by atoms with van der Waals surface area (Å²) in [5, 5.41) is 8.49. The van der Waals surface area contributed by atoms with E-state index in [1.165, 1.54) is 5.56 Å². The Kier molecular flexibility index (Phi) is 4.34. The van der Waals surface area contributed by atoms with Gasteiger partial charge in [0.25, 0.3) is 0 Å². The van der Waals surface area contributed by atoms with Crippen molar-refractivity contribution < 1.29 is 9.53 Å². The maximum absolute atomic E-state index is 12.0. The summed E-state index contributed by atoms with van der Waals surface area (Å²) in [6.45, 7) is 2.07. The Hall–Kier alpha value is -3.60. The Balaban J connectivity index is 1.53. The molecule has 0 fully saturated rings. The number of rotatable bonds is 3. The van der Waals surface area contributed by atoms with Gasteiger partial charge in [-0.25, -0.2) is 4.79 Å². The van der Waals surface area contributed by atoms with Crippen LogP contribution in [0.3, 0.4) is 0 Å². The quantitative estimate of drug-likeness (QED) is 0.551. The Labute approximate surface area is 157 Å². The molecule has 0 aliphatic rings. The monoisotopic (exact) mass is 357 g/mol. The number of nitrogens with zero attached hydrogens (tertiary/aromatic N) is 2. The average molecular weight is 357 g/mol. The third kappa shape index (κ3) is 3.53. The average Bonchev–Trinajstić information content (AvgIpc) is 2.99. The van der Waals surface area contributed by atoms with Crippen LogP contribution in [-0.4, -0.2) is 15.9 Å². The smallest absolute Gasteiger partial charge is 0.410 e. The highest BCUT2D eigenvalue weighted by Crippen LogP contribution is 2.29. The molecule has 1 aromatic heterocycles. The molecule has 0 saturated carbocycles. The van der Waals surface area contributed by atoms with Gasteiger partial charge in [0.1, 0.15) is 11.4 Å². The zero-order valence-electron chi connectivity index (χ0n) is 15.1. The lowest BCUT2D eigenvalue weighted by molar-refractivity contribution is 0.215. The zero-order chi connectivity index (χ0) is 18.8. The standard InChI is InChI=1S/C22H19N3O2/c1-15-8-13-19-20(14-15)25(2)24-21(19)16-9-11-17(12-10-16)23-22(26)27-18-6-4-3-5-7-18/h3-14H,1-2H3,(H,23,26). The first-order valence-corrected chi connectivity index (χ1v) is 8.68. The Bertz CT molecular complexity index is 1100. The number of hydrogen-bond acceptors (Lipinski definition) is 3. The number of benzene rings is 3. The van der Waals surface area contributed by atoms with Crippen LogP contribution in [0.1, 0.15) is 5.56 Å². The molecule has 0 aliphatic heterocycles. The van der Waals surface area contributed by atoms with Crippen molar-refractivity contribution >= 4 is 22.7 Å². The number of hydrogen-bond donors (Lipinski definition) is 1. The molecule has 0 spiro atoms. The topological polar surface area (TPSA) is 56.1 Å². The SMILES string of the molecule is Cc1ccc2c(-c3ccc(NC(=O)Oc4ccccc4)cc3)nn(C)c2c1. The number of fused-ring (bicyclic) bond motifs is 1. The summed E-state index contributed by atoms with van der Waals surface area (Å²) >= 11 is 0. The van der Waals surface area contributed by atoms with Gasteiger partial charge in [-0.1, -0.05) is 42.5 Å². The van der Waals surface area contributed by atoms with Crippen molar-refractivity contribution in [3.63, 3.8) is 0 Å². The molecule has 3 aromatic carbocycles. The highest BCUT2D eigenvalue weighted by Gasteiger charge is 2.11. The highest BCUT2D eigenvalue weighted by atomic mass is 16.6. The summed E-state index contributed by atoms with van der Waals surface area (Å²) < 4.78 is 7.13. The molecule has 5 heteroatoms. The molecule has 4 rings (SSSR count). The fraction of sp³-hybridized carbons (Fsp3) is 0.0909.